The Hall–Kier alpha value is -1.57. The molecule has 26 heavy (non-hydrogen) atoms. The molecule has 0 atom stereocenters. The summed E-state index contributed by atoms with van der Waals surface area (Å²) in [5.74, 6) is 0.444. The highest BCUT2D eigenvalue weighted by Gasteiger charge is 2.18. The number of hydrogen-bond donors (Lipinski definition) is 2. The molecule has 1 aliphatic carbocycles. The van der Waals surface area contributed by atoms with E-state index in [1.54, 1.807) is 12.1 Å². The molecule has 1 aromatic carbocycles. The Bertz CT molecular complexity index is 829. The van der Waals surface area contributed by atoms with Gasteiger partial charge in [0, 0.05) is 11.7 Å². The van der Waals surface area contributed by atoms with Gasteiger partial charge in [-0.25, -0.2) is 9.78 Å². The average molecular weight is 460 g/mol. The number of nitrogens with zero attached hydrogens (tertiary/aromatic N) is 2. The molecule has 0 amide bonds. The molecule has 3 rings (SSSR count). The fraction of sp³-hybridized carbons (Fsp3) is 0.353. The first-order valence-corrected chi connectivity index (χ1v) is 9.66. The molecule has 9 heteroatoms. The Morgan fingerprint density at radius 2 is 2.00 bits per heavy atom. The predicted molar refractivity (Wildman–Crippen MR) is 107 cm³/mol. The van der Waals surface area contributed by atoms with Gasteiger partial charge in [-0.1, -0.05) is 36.0 Å². The molecule has 2 N–H and O–H groups in total. The predicted octanol–water partition coefficient (Wildman–Crippen LogP) is 5.43. The van der Waals surface area contributed by atoms with Gasteiger partial charge in [-0.3, -0.25) is 0 Å². The molecular formula is C17H17BrCl2N4O2. The number of methoxy groups -OCH3 is 1. The van der Waals surface area contributed by atoms with Crippen LogP contribution in [0.25, 0.3) is 0 Å². The fourth-order valence-electron chi connectivity index (χ4n) is 2.84. The SMILES string of the molecule is COC(=O)c1cc(Nc2ncc(Cl)c(NC3CCCC3)n2)cc(Cl)c1Br. The number of nitrogens with one attached hydrogen (secondary N) is 2. The summed E-state index contributed by atoms with van der Waals surface area (Å²) < 4.78 is 5.24. The van der Waals surface area contributed by atoms with Gasteiger partial charge in [0.2, 0.25) is 5.95 Å². The second-order valence-electron chi connectivity index (χ2n) is 5.95. The minimum absolute atomic E-state index is 0.306. The van der Waals surface area contributed by atoms with Gasteiger partial charge in [-0.05, 0) is 40.9 Å². The molecule has 1 heterocycles. The van der Waals surface area contributed by atoms with E-state index in [4.69, 9.17) is 27.9 Å². The molecule has 1 fully saturated rings. The van der Waals surface area contributed by atoms with Gasteiger partial charge in [0.05, 0.1) is 28.4 Å². The van der Waals surface area contributed by atoms with Crippen LogP contribution in [0.15, 0.2) is 22.8 Å². The normalized spacial score (nSPS) is 14.3. The highest BCUT2D eigenvalue weighted by molar-refractivity contribution is 9.10. The molecule has 1 saturated carbocycles. The number of halogens is 3. The van der Waals surface area contributed by atoms with E-state index in [1.807, 2.05) is 0 Å². The lowest BCUT2D eigenvalue weighted by Crippen LogP contribution is -2.16. The van der Waals surface area contributed by atoms with Crippen molar-refractivity contribution >= 4 is 62.6 Å². The lowest BCUT2D eigenvalue weighted by atomic mass is 10.2. The van der Waals surface area contributed by atoms with Crippen LogP contribution in [0.3, 0.4) is 0 Å². The lowest BCUT2D eigenvalue weighted by Gasteiger charge is -2.15. The van der Waals surface area contributed by atoms with Crippen molar-refractivity contribution in [2.75, 3.05) is 17.7 Å². The number of ether oxygens (including phenoxy) is 1. The van der Waals surface area contributed by atoms with E-state index in [0.717, 1.165) is 12.8 Å². The zero-order valence-corrected chi connectivity index (χ0v) is 17.1. The minimum atomic E-state index is -0.497. The first kappa shape index (κ1) is 19.2. The monoisotopic (exact) mass is 458 g/mol. The maximum Gasteiger partial charge on any atom is 0.339 e. The molecule has 0 saturated heterocycles. The van der Waals surface area contributed by atoms with Gasteiger partial charge >= 0.3 is 5.97 Å². The van der Waals surface area contributed by atoms with Crippen molar-refractivity contribution in [3.05, 3.63) is 38.4 Å². The Balaban J connectivity index is 1.84. The Labute approximate surface area is 169 Å². The number of aromatic nitrogens is 2. The fourth-order valence-corrected chi connectivity index (χ4v) is 3.60. The molecular weight excluding hydrogens is 443 g/mol. The first-order chi connectivity index (χ1) is 12.5. The van der Waals surface area contributed by atoms with Crippen LogP contribution in [0, 0.1) is 0 Å². The quantitative estimate of drug-likeness (QED) is 0.580. The zero-order chi connectivity index (χ0) is 18.7. The standard InChI is InChI=1S/C17H17BrCl2N4O2/c1-26-16(25)11-6-10(7-12(19)14(11)18)23-17-21-8-13(20)15(24-17)22-9-4-2-3-5-9/h6-9H,2-5H2,1H3,(H2,21,22,23,24). The van der Waals surface area contributed by atoms with Crippen LogP contribution in [0.4, 0.5) is 17.5 Å². The van der Waals surface area contributed by atoms with Crippen molar-refractivity contribution in [2.45, 2.75) is 31.7 Å². The highest BCUT2D eigenvalue weighted by atomic mass is 79.9. The molecule has 0 bridgehead atoms. The van der Waals surface area contributed by atoms with Crippen LogP contribution in [0.5, 0.6) is 0 Å². The molecule has 0 aliphatic heterocycles. The summed E-state index contributed by atoms with van der Waals surface area (Å²) in [5.41, 5.74) is 0.869. The van der Waals surface area contributed by atoms with Gasteiger partial charge in [0.25, 0.3) is 0 Å². The van der Waals surface area contributed by atoms with Gasteiger partial charge in [-0.15, -0.1) is 0 Å². The lowest BCUT2D eigenvalue weighted by molar-refractivity contribution is 0.0599. The molecule has 0 spiro atoms. The molecule has 1 aliphatic rings. The third-order valence-corrected chi connectivity index (χ3v) is 5.79. The molecule has 0 unspecified atom stereocenters. The van der Waals surface area contributed by atoms with Gasteiger partial charge in [-0.2, -0.15) is 4.98 Å². The summed E-state index contributed by atoms with van der Waals surface area (Å²) in [4.78, 5) is 20.5. The number of carbonyl (C=O) groups excluding carboxylic acids is 1. The molecule has 6 nitrogen and oxygen atoms in total. The molecule has 1 aromatic heterocycles. The van der Waals surface area contributed by atoms with Crippen LogP contribution in [0.2, 0.25) is 10.0 Å². The first-order valence-electron chi connectivity index (χ1n) is 8.11. The van der Waals surface area contributed by atoms with Crippen molar-refractivity contribution < 1.29 is 9.53 Å². The average Bonchev–Trinajstić information content (AvgIpc) is 3.13. The third-order valence-electron chi connectivity index (χ3n) is 4.13. The maximum absolute atomic E-state index is 11.9. The van der Waals surface area contributed by atoms with E-state index < -0.39 is 5.97 Å². The summed E-state index contributed by atoms with van der Waals surface area (Å²) in [6.45, 7) is 0. The van der Waals surface area contributed by atoms with Crippen LogP contribution in [0.1, 0.15) is 36.0 Å². The third kappa shape index (κ3) is 4.39. The summed E-state index contributed by atoms with van der Waals surface area (Å²) in [7, 11) is 1.31. The Morgan fingerprint density at radius 1 is 1.27 bits per heavy atom. The summed E-state index contributed by atoms with van der Waals surface area (Å²) >= 11 is 15.7. The van der Waals surface area contributed by atoms with Crippen molar-refractivity contribution in [1.29, 1.82) is 0 Å². The number of carbonyl (C=O) groups is 1. The zero-order valence-electron chi connectivity index (χ0n) is 14.0. The van der Waals surface area contributed by atoms with Gasteiger partial charge in [0.1, 0.15) is 5.02 Å². The topological polar surface area (TPSA) is 76.1 Å². The van der Waals surface area contributed by atoms with E-state index in [1.165, 1.54) is 26.1 Å². The van der Waals surface area contributed by atoms with Gasteiger partial charge in [0.15, 0.2) is 5.82 Å². The second kappa shape index (κ2) is 8.41. The highest BCUT2D eigenvalue weighted by Crippen LogP contribution is 2.32. The molecule has 2 aromatic rings. The van der Waals surface area contributed by atoms with E-state index in [0.29, 0.717) is 43.6 Å². The number of esters is 1. The second-order valence-corrected chi connectivity index (χ2v) is 7.56. The summed E-state index contributed by atoms with van der Waals surface area (Å²) in [5, 5.41) is 7.25. The number of anilines is 3. The van der Waals surface area contributed by atoms with E-state index in [9.17, 15) is 4.79 Å². The van der Waals surface area contributed by atoms with Crippen molar-refractivity contribution in [3.63, 3.8) is 0 Å². The van der Waals surface area contributed by atoms with Crippen molar-refractivity contribution in [3.8, 4) is 0 Å². The van der Waals surface area contributed by atoms with E-state index in [-0.39, 0.29) is 0 Å². The smallest absolute Gasteiger partial charge is 0.339 e. The minimum Gasteiger partial charge on any atom is -0.465 e. The maximum atomic E-state index is 11.9. The molecule has 0 radical (unpaired) electrons. The number of benzene rings is 1. The van der Waals surface area contributed by atoms with Crippen LogP contribution in [-0.4, -0.2) is 29.1 Å². The van der Waals surface area contributed by atoms with Crippen molar-refractivity contribution in [1.82, 2.24) is 9.97 Å². The molecule has 138 valence electrons. The van der Waals surface area contributed by atoms with E-state index in [2.05, 4.69) is 36.5 Å². The largest absolute Gasteiger partial charge is 0.465 e. The Kier molecular flexibility index (Phi) is 6.21. The van der Waals surface area contributed by atoms with Crippen molar-refractivity contribution in [2.24, 2.45) is 0 Å². The van der Waals surface area contributed by atoms with Crippen LogP contribution in [-0.2, 0) is 4.74 Å². The number of rotatable bonds is 5. The Morgan fingerprint density at radius 3 is 2.69 bits per heavy atom. The summed E-state index contributed by atoms with van der Waals surface area (Å²) in [6, 6.07) is 3.66. The van der Waals surface area contributed by atoms with E-state index >= 15 is 0 Å². The van der Waals surface area contributed by atoms with Crippen LogP contribution >= 0.6 is 39.1 Å². The van der Waals surface area contributed by atoms with Gasteiger partial charge < -0.3 is 15.4 Å². The van der Waals surface area contributed by atoms with Crippen LogP contribution < -0.4 is 10.6 Å². The summed E-state index contributed by atoms with van der Waals surface area (Å²) in [6.07, 6.45) is 6.16. The number of hydrogen-bond acceptors (Lipinski definition) is 6.